The molecule has 0 aliphatic rings. The van der Waals surface area contributed by atoms with E-state index in [1.807, 2.05) is 0 Å². The van der Waals surface area contributed by atoms with Crippen molar-refractivity contribution in [2.24, 2.45) is 0 Å². The Kier molecular flexibility index (Phi) is 4.70. The third-order valence-electron chi connectivity index (χ3n) is 1.87. The highest BCUT2D eigenvalue weighted by Gasteiger charge is 2.40. The molecule has 1 unspecified atom stereocenters. The molecular weight excluding hydrogens is 198 g/mol. The first-order valence-electron chi connectivity index (χ1n) is 4.42. The molecule has 0 aromatic rings. The highest BCUT2D eigenvalue weighted by atomic mass is 16.5. The summed E-state index contributed by atoms with van der Waals surface area (Å²) >= 11 is 0. The molecule has 0 heterocycles. The minimum absolute atomic E-state index is 0.00128. The fourth-order valence-electron chi connectivity index (χ4n) is 0.914. The first-order valence-corrected chi connectivity index (χ1v) is 4.42. The number of esters is 1. The van der Waals surface area contributed by atoms with Gasteiger partial charge < -0.3 is 10.1 Å². The summed E-state index contributed by atoms with van der Waals surface area (Å²) in [5.74, 6) is -1.74. The van der Waals surface area contributed by atoms with Crippen LogP contribution in [-0.2, 0) is 19.1 Å². The first kappa shape index (κ1) is 13.4. The van der Waals surface area contributed by atoms with E-state index in [1.165, 1.54) is 26.8 Å². The Bertz CT molecular complexity index is 298. The standard InChI is InChI=1S/C10H15NO4/c1-5-6-15-9(14)10(4,7(2)12)11-8(3)13/h5H,1,6H2,2-4H3,(H,11,13). The van der Waals surface area contributed by atoms with Gasteiger partial charge in [0.05, 0.1) is 0 Å². The van der Waals surface area contributed by atoms with Crippen molar-refractivity contribution in [3.05, 3.63) is 12.7 Å². The number of hydrogen-bond donors (Lipinski definition) is 1. The Labute approximate surface area is 88.5 Å². The van der Waals surface area contributed by atoms with Crippen LogP contribution >= 0.6 is 0 Å². The fourth-order valence-corrected chi connectivity index (χ4v) is 0.914. The maximum Gasteiger partial charge on any atom is 0.339 e. The lowest BCUT2D eigenvalue weighted by atomic mass is 9.97. The zero-order valence-corrected chi connectivity index (χ0v) is 9.12. The maximum atomic E-state index is 11.5. The lowest BCUT2D eigenvalue weighted by Crippen LogP contribution is -2.57. The normalized spacial score (nSPS) is 13.5. The van der Waals surface area contributed by atoms with Crippen LogP contribution in [0.5, 0.6) is 0 Å². The lowest BCUT2D eigenvalue weighted by Gasteiger charge is -2.24. The molecule has 0 aromatic carbocycles. The molecule has 0 aromatic heterocycles. The molecule has 0 saturated carbocycles. The van der Waals surface area contributed by atoms with E-state index < -0.39 is 23.2 Å². The number of hydrogen-bond acceptors (Lipinski definition) is 4. The molecule has 0 rings (SSSR count). The Hall–Kier alpha value is -1.65. The highest BCUT2D eigenvalue weighted by molar-refractivity contribution is 6.09. The van der Waals surface area contributed by atoms with Crippen molar-refractivity contribution in [3.8, 4) is 0 Å². The van der Waals surface area contributed by atoms with Gasteiger partial charge in [-0.15, -0.1) is 0 Å². The van der Waals surface area contributed by atoms with Gasteiger partial charge in [-0.25, -0.2) is 4.79 Å². The average molecular weight is 213 g/mol. The molecule has 1 N–H and O–H groups in total. The van der Waals surface area contributed by atoms with Gasteiger partial charge in [-0.05, 0) is 13.8 Å². The zero-order chi connectivity index (χ0) is 12.1. The number of carbonyl (C=O) groups is 3. The number of nitrogens with one attached hydrogen (secondary N) is 1. The predicted octanol–water partition coefficient (Wildman–Crippen LogP) is 0.199. The molecule has 0 bridgehead atoms. The Morgan fingerprint density at radius 2 is 1.93 bits per heavy atom. The van der Waals surface area contributed by atoms with E-state index in [9.17, 15) is 14.4 Å². The Morgan fingerprint density at radius 1 is 1.40 bits per heavy atom. The third kappa shape index (κ3) is 3.53. The quantitative estimate of drug-likeness (QED) is 0.402. The van der Waals surface area contributed by atoms with Gasteiger partial charge in [0.2, 0.25) is 5.91 Å². The van der Waals surface area contributed by atoms with E-state index >= 15 is 0 Å². The van der Waals surface area contributed by atoms with Crippen LogP contribution in [0.15, 0.2) is 12.7 Å². The van der Waals surface area contributed by atoms with E-state index in [-0.39, 0.29) is 6.61 Å². The Balaban J connectivity index is 4.77. The van der Waals surface area contributed by atoms with Crippen LogP contribution in [-0.4, -0.2) is 29.8 Å². The molecule has 0 aliphatic carbocycles. The number of Topliss-reactive ketones (excluding diaryl/α,β-unsaturated/α-hetero) is 1. The molecule has 0 fully saturated rings. The molecule has 84 valence electrons. The van der Waals surface area contributed by atoms with Crippen molar-refractivity contribution in [2.45, 2.75) is 26.3 Å². The van der Waals surface area contributed by atoms with Crippen molar-refractivity contribution in [2.75, 3.05) is 6.61 Å². The van der Waals surface area contributed by atoms with Gasteiger partial charge in [-0.2, -0.15) is 0 Å². The van der Waals surface area contributed by atoms with Crippen molar-refractivity contribution in [1.29, 1.82) is 0 Å². The summed E-state index contributed by atoms with van der Waals surface area (Å²) in [5, 5.41) is 2.27. The summed E-state index contributed by atoms with van der Waals surface area (Å²) in [5.41, 5.74) is -1.62. The van der Waals surface area contributed by atoms with Crippen LogP contribution in [0.3, 0.4) is 0 Å². The molecule has 1 atom stereocenters. The molecule has 15 heavy (non-hydrogen) atoms. The predicted molar refractivity (Wildman–Crippen MR) is 54.1 cm³/mol. The average Bonchev–Trinajstić information content (AvgIpc) is 2.12. The second-order valence-electron chi connectivity index (χ2n) is 3.25. The van der Waals surface area contributed by atoms with Gasteiger partial charge in [0.25, 0.3) is 0 Å². The summed E-state index contributed by atoms with van der Waals surface area (Å²) in [6, 6.07) is 0. The molecule has 0 spiro atoms. The SMILES string of the molecule is C=CCOC(=O)C(C)(NC(C)=O)C(C)=O. The molecule has 5 heteroatoms. The smallest absolute Gasteiger partial charge is 0.339 e. The van der Waals surface area contributed by atoms with E-state index in [4.69, 9.17) is 4.74 Å². The number of carbonyl (C=O) groups excluding carboxylic acids is 3. The summed E-state index contributed by atoms with van der Waals surface area (Å²) in [7, 11) is 0. The molecule has 1 amide bonds. The number of amides is 1. The minimum atomic E-state index is -1.62. The summed E-state index contributed by atoms with van der Waals surface area (Å²) in [6.07, 6.45) is 1.38. The third-order valence-corrected chi connectivity index (χ3v) is 1.87. The van der Waals surface area contributed by atoms with Crippen LogP contribution in [0, 0.1) is 0 Å². The monoisotopic (exact) mass is 213 g/mol. The highest BCUT2D eigenvalue weighted by Crippen LogP contribution is 2.08. The summed E-state index contributed by atoms with van der Waals surface area (Å²) < 4.78 is 4.73. The van der Waals surface area contributed by atoms with Gasteiger partial charge in [-0.1, -0.05) is 12.7 Å². The van der Waals surface area contributed by atoms with Gasteiger partial charge in [0, 0.05) is 6.92 Å². The van der Waals surface area contributed by atoms with Crippen LogP contribution in [0.25, 0.3) is 0 Å². The maximum absolute atomic E-state index is 11.5. The second-order valence-corrected chi connectivity index (χ2v) is 3.25. The number of rotatable bonds is 5. The zero-order valence-electron chi connectivity index (χ0n) is 9.12. The lowest BCUT2D eigenvalue weighted by molar-refractivity contribution is -0.155. The first-order chi connectivity index (χ1) is 6.84. The van der Waals surface area contributed by atoms with Crippen molar-refractivity contribution in [3.63, 3.8) is 0 Å². The van der Waals surface area contributed by atoms with Gasteiger partial charge >= 0.3 is 5.97 Å². The van der Waals surface area contributed by atoms with Crippen molar-refractivity contribution in [1.82, 2.24) is 5.32 Å². The van der Waals surface area contributed by atoms with Crippen LogP contribution < -0.4 is 5.32 Å². The van der Waals surface area contributed by atoms with Crippen LogP contribution in [0.4, 0.5) is 0 Å². The molecular formula is C10H15NO4. The van der Waals surface area contributed by atoms with E-state index in [0.717, 1.165) is 0 Å². The topological polar surface area (TPSA) is 72.5 Å². The van der Waals surface area contributed by atoms with Gasteiger partial charge in [0.1, 0.15) is 6.61 Å². The van der Waals surface area contributed by atoms with Gasteiger partial charge in [-0.3, -0.25) is 9.59 Å². The molecule has 0 saturated heterocycles. The summed E-state index contributed by atoms with van der Waals surface area (Å²) in [4.78, 5) is 33.6. The van der Waals surface area contributed by atoms with Crippen LogP contribution in [0.1, 0.15) is 20.8 Å². The van der Waals surface area contributed by atoms with E-state index in [0.29, 0.717) is 0 Å². The van der Waals surface area contributed by atoms with Gasteiger partial charge in [0.15, 0.2) is 11.3 Å². The van der Waals surface area contributed by atoms with Crippen LogP contribution in [0.2, 0.25) is 0 Å². The fraction of sp³-hybridized carbons (Fsp3) is 0.500. The minimum Gasteiger partial charge on any atom is -0.459 e. The van der Waals surface area contributed by atoms with Crippen molar-refractivity contribution >= 4 is 17.7 Å². The van der Waals surface area contributed by atoms with Crippen molar-refractivity contribution < 1.29 is 19.1 Å². The molecule has 5 nitrogen and oxygen atoms in total. The molecule has 0 aliphatic heterocycles. The number of ketones is 1. The summed E-state index contributed by atoms with van der Waals surface area (Å²) in [6.45, 7) is 7.12. The second kappa shape index (κ2) is 5.29. The molecule has 0 radical (unpaired) electrons. The van der Waals surface area contributed by atoms with E-state index in [2.05, 4.69) is 11.9 Å². The number of ether oxygens (including phenoxy) is 1. The Morgan fingerprint density at radius 3 is 2.27 bits per heavy atom. The largest absolute Gasteiger partial charge is 0.459 e. The van der Waals surface area contributed by atoms with E-state index in [1.54, 1.807) is 0 Å².